The number of aromatic amines is 1. The van der Waals surface area contributed by atoms with Gasteiger partial charge in [-0.05, 0) is 35.9 Å². The van der Waals surface area contributed by atoms with Crippen LogP contribution in [0.1, 0.15) is 5.56 Å². The second-order valence-electron chi connectivity index (χ2n) is 6.34. The van der Waals surface area contributed by atoms with E-state index < -0.39 is 0 Å². The van der Waals surface area contributed by atoms with E-state index in [-0.39, 0.29) is 12.3 Å². The summed E-state index contributed by atoms with van der Waals surface area (Å²) < 4.78 is 5.33. The van der Waals surface area contributed by atoms with Gasteiger partial charge in [-0.3, -0.25) is 4.79 Å². The highest BCUT2D eigenvalue weighted by Crippen LogP contribution is 2.27. The van der Waals surface area contributed by atoms with E-state index in [0.29, 0.717) is 5.82 Å². The molecular weight excluding hydrogens is 352 g/mol. The number of hydrogen-bond donors (Lipinski definition) is 3. The molecule has 2 aromatic carbocycles. The van der Waals surface area contributed by atoms with Crippen molar-refractivity contribution >= 4 is 34.0 Å². The van der Waals surface area contributed by atoms with Gasteiger partial charge in [-0.25, -0.2) is 4.98 Å². The molecular formula is C22H20N4O2. The first kappa shape index (κ1) is 17.6. The van der Waals surface area contributed by atoms with Crippen molar-refractivity contribution in [3.63, 3.8) is 0 Å². The van der Waals surface area contributed by atoms with E-state index in [4.69, 9.17) is 4.74 Å². The summed E-state index contributed by atoms with van der Waals surface area (Å²) in [6.45, 7) is 0. The third kappa shape index (κ3) is 3.81. The van der Waals surface area contributed by atoms with E-state index in [9.17, 15) is 4.79 Å². The molecule has 0 atom stereocenters. The van der Waals surface area contributed by atoms with Crippen LogP contribution in [0.25, 0.3) is 10.9 Å². The third-order valence-corrected chi connectivity index (χ3v) is 4.44. The fourth-order valence-corrected chi connectivity index (χ4v) is 3.08. The van der Waals surface area contributed by atoms with Crippen LogP contribution in [0.5, 0.6) is 5.75 Å². The van der Waals surface area contributed by atoms with Crippen LogP contribution in [0.3, 0.4) is 0 Å². The Kier molecular flexibility index (Phi) is 4.93. The van der Waals surface area contributed by atoms with Crippen LogP contribution in [-0.2, 0) is 11.2 Å². The molecule has 4 aromatic rings. The summed E-state index contributed by atoms with van der Waals surface area (Å²) in [5.41, 5.74) is 3.64. The van der Waals surface area contributed by atoms with Gasteiger partial charge in [0, 0.05) is 17.1 Å². The molecule has 4 rings (SSSR count). The summed E-state index contributed by atoms with van der Waals surface area (Å²) in [4.78, 5) is 19.9. The van der Waals surface area contributed by atoms with Crippen molar-refractivity contribution in [1.82, 2.24) is 9.97 Å². The average molecular weight is 372 g/mol. The van der Waals surface area contributed by atoms with Crippen LogP contribution >= 0.6 is 0 Å². The van der Waals surface area contributed by atoms with Crippen LogP contribution in [0.2, 0.25) is 0 Å². The minimum absolute atomic E-state index is 0.109. The number of H-pyrrole nitrogens is 1. The highest BCUT2D eigenvalue weighted by Gasteiger charge is 2.09. The Morgan fingerprint density at radius 2 is 1.89 bits per heavy atom. The average Bonchev–Trinajstić information content (AvgIpc) is 3.13. The maximum atomic E-state index is 12.4. The molecule has 0 radical (unpaired) electrons. The fraction of sp³-hybridized carbons (Fsp3) is 0.0909. The topological polar surface area (TPSA) is 79.0 Å². The Bertz CT molecular complexity index is 1100. The predicted molar refractivity (Wildman–Crippen MR) is 111 cm³/mol. The number of rotatable bonds is 6. The number of fused-ring (bicyclic) bond motifs is 1. The molecule has 6 heteroatoms. The Morgan fingerprint density at radius 3 is 2.71 bits per heavy atom. The smallest absolute Gasteiger partial charge is 0.230 e. The number of nitrogens with one attached hydrogen (secondary N) is 3. The summed E-state index contributed by atoms with van der Waals surface area (Å²) in [5, 5.41) is 7.16. The number of methoxy groups -OCH3 is 1. The number of anilines is 3. The second-order valence-corrected chi connectivity index (χ2v) is 6.34. The zero-order valence-electron chi connectivity index (χ0n) is 15.4. The maximum absolute atomic E-state index is 12.4. The summed E-state index contributed by atoms with van der Waals surface area (Å²) in [6, 6.07) is 19.2. The van der Waals surface area contributed by atoms with Crippen LogP contribution < -0.4 is 15.4 Å². The number of carbonyl (C=O) groups excluding carboxylic acids is 1. The Balaban J connectivity index is 1.41. The molecule has 0 unspecified atom stereocenters. The molecule has 140 valence electrons. The zero-order valence-corrected chi connectivity index (χ0v) is 15.4. The minimum Gasteiger partial charge on any atom is -0.495 e. The first-order valence-corrected chi connectivity index (χ1v) is 8.94. The number of amides is 1. The number of hydrogen-bond acceptors (Lipinski definition) is 4. The molecule has 0 spiro atoms. The van der Waals surface area contributed by atoms with Crippen molar-refractivity contribution in [3.05, 3.63) is 78.6 Å². The molecule has 2 heterocycles. The fourth-order valence-electron chi connectivity index (χ4n) is 3.08. The van der Waals surface area contributed by atoms with Gasteiger partial charge in [-0.2, -0.15) is 0 Å². The first-order chi connectivity index (χ1) is 13.7. The van der Waals surface area contributed by atoms with E-state index in [1.54, 1.807) is 19.4 Å². The van der Waals surface area contributed by atoms with Crippen molar-refractivity contribution in [2.45, 2.75) is 6.42 Å². The highest BCUT2D eigenvalue weighted by molar-refractivity contribution is 5.95. The number of para-hydroxylation sites is 3. The van der Waals surface area contributed by atoms with E-state index in [1.807, 2.05) is 60.8 Å². The summed E-state index contributed by atoms with van der Waals surface area (Å²) in [5.74, 6) is 1.15. The molecule has 0 aliphatic carbocycles. The van der Waals surface area contributed by atoms with Crippen molar-refractivity contribution in [3.8, 4) is 5.75 Å². The number of nitrogens with zero attached hydrogens (tertiary/aromatic N) is 1. The third-order valence-electron chi connectivity index (χ3n) is 4.44. The van der Waals surface area contributed by atoms with Crippen molar-refractivity contribution in [2.75, 3.05) is 17.7 Å². The van der Waals surface area contributed by atoms with E-state index in [2.05, 4.69) is 20.6 Å². The van der Waals surface area contributed by atoms with Gasteiger partial charge in [0.25, 0.3) is 0 Å². The molecule has 3 N–H and O–H groups in total. The largest absolute Gasteiger partial charge is 0.495 e. The molecule has 0 fully saturated rings. The molecule has 1 amide bonds. The molecule has 0 saturated heterocycles. The number of carbonyl (C=O) groups is 1. The lowest BCUT2D eigenvalue weighted by Gasteiger charge is -2.11. The Morgan fingerprint density at radius 1 is 1.07 bits per heavy atom. The zero-order chi connectivity index (χ0) is 19.3. The summed E-state index contributed by atoms with van der Waals surface area (Å²) in [7, 11) is 1.63. The van der Waals surface area contributed by atoms with Gasteiger partial charge in [-0.1, -0.05) is 30.3 Å². The number of aromatic nitrogens is 2. The summed E-state index contributed by atoms with van der Waals surface area (Å²) >= 11 is 0. The van der Waals surface area contributed by atoms with E-state index in [1.165, 1.54) is 0 Å². The highest BCUT2D eigenvalue weighted by atomic mass is 16.5. The number of ether oxygens (including phenoxy) is 1. The lowest BCUT2D eigenvalue weighted by molar-refractivity contribution is -0.115. The van der Waals surface area contributed by atoms with Gasteiger partial charge >= 0.3 is 0 Å². The van der Waals surface area contributed by atoms with Gasteiger partial charge in [-0.15, -0.1) is 0 Å². The maximum Gasteiger partial charge on any atom is 0.230 e. The second kappa shape index (κ2) is 7.84. The van der Waals surface area contributed by atoms with Crippen LogP contribution in [0, 0.1) is 0 Å². The normalized spacial score (nSPS) is 10.6. The molecule has 6 nitrogen and oxygen atoms in total. The van der Waals surface area contributed by atoms with Crippen molar-refractivity contribution in [1.29, 1.82) is 0 Å². The Labute approximate surface area is 162 Å². The first-order valence-electron chi connectivity index (χ1n) is 8.94. The quantitative estimate of drug-likeness (QED) is 0.466. The SMILES string of the molecule is COc1ccccc1Nc1ccc(NC(=O)Cc2c[nH]c3ccccc23)nc1. The standard InChI is InChI=1S/C22H20N4O2/c1-28-20-9-5-4-8-19(20)25-16-10-11-21(24-14-16)26-22(27)12-15-13-23-18-7-3-2-6-17(15)18/h2-11,13-14,23,25H,12H2,1H3,(H,24,26,27). The van der Waals surface area contributed by atoms with Crippen molar-refractivity contribution < 1.29 is 9.53 Å². The van der Waals surface area contributed by atoms with Gasteiger partial charge in [0.1, 0.15) is 11.6 Å². The minimum atomic E-state index is -0.109. The van der Waals surface area contributed by atoms with E-state index >= 15 is 0 Å². The molecule has 0 bridgehead atoms. The van der Waals surface area contributed by atoms with E-state index in [0.717, 1.165) is 33.6 Å². The van der Waals surface area contributed by atoms with Crippen LogP contribution in [-0.4, -0.2) is 23.0 Å². The van der Waals surface area contributed by atoms with Gasteiger partial charge < -0.3 is 20.4 Å². The summed E-state index contributed by atoms with van der Waals surface area (Å²) in [6.07, 6.45) is 3.83. The molecule has 0 aliphatic heterocycles. The van der Waals surface area contributed by atoms with Gasteiger partial charge in [0.15, 0.2) is 0 Å². The Hall–Kier alpha value is -3.80. The van der Waals surface area contributed by atoms with Crippen LogP contribution in [0.4, 0.5) is 17.2 Å². The lowest BCUT2D eigenvalue weighted by Crippen LogP contribution is -2.15. The lowest BCUT2D eigenvalue weighted by atomic mass is 10.1. The van der Waals surface area contributed by atoms with Crippen molar-refractivity contribution in [2.24, 2.45) is 0 Å². The van der Waals surface area contributed by atoms with Crippen LogP contribution in [0.15, 0.2) is 73.1 Å². The predicted octanol–water partition coefficient (Wildman–Crippen LogP) is 4.50. The molecule has 28 heavy (non-hydrogen) atoms. The molecule has 0 saturated carbocycles. The molecule has 2 aromatic heterocycles. The number of benzene rings is 2. The van der Waals surface area contributed by atoms with Gasteiger partial charge in [0.2, 0.25) is 5.91 Å². The monoisotopic (exact) mass is 372 g/mol. The number of pyridine rings is 1. The van der Waals surface area contributed by atoms with Gasteiger partial charge in [0.05, 0.1) is 31.1 Å². The molecule has 0 aliphatic rings.